The van der Waals surface area contributed by atoms with Crippen molar-refractivity contribution in [3.8, 4) is 0 Å². The van der Waals surface area contributed by atoms with Crippen LogP contribution in [-0.4, -0.2) is 6.04 Å². The molecule has 1 aromatic rings. The summed E-state index contributed by atoms with van der Waals surface area (Å²) in [6, 6.07) is 10.6. The van der Waals surface area contributed by atoms with Gasteiger partial charge in [-0.15, -0.1) is 0 Å². The van der Waals surface area contributed by atoms with Crippen LogP contribution in [0.25, 0.3) is 10.4 Å². The fourth-order valence-electron chi connectivity index (χ4n) is 1.03. The molecule has 0 bridgehead atoms. The van der Waals surface area contributed by atoms with E-state index in [1.165, 1.54) is 5.56 Å². The molecule has 0 aliphatic rings. The summed E-state index contributed by atoms with van der Waals surface area (Å²) in [6.45, 7) is 1.90. The topological polar surface area (TPSA) is 48.8 Å². The number of benzene rings is 1. The van der Waals surface area contributed by atoms with Gasteiger partial charge >= 0.3 is 0 Å². The molecule has 0 saturated carbocycles. The Balaban J connectivity index is 2.58. The highest BCUT2D eigenvalue weighted by Gasteiger charge is 1.98. The summed E-state index contributed by atoms with van der Waals surface area (Å²) in [4.78, 5) is 2.75. The second kappa shape index (κ2) is 4.42. The Morgan fingerprint density at radius 3 is 2.83 bits per heavy atom. The van der Waals surface area contributed by atoms with Gasteiger partial charge in [-0.3, -0.25) is 0 Å². The average Bonchev–Trinajstić information content (AvgIpc) is 2.06. The van der Waals surface area contributed by atoms with Crippen LogP contribution in [0.2, 0.25) is 0 Å². The molecule has 0 aliphatic heterocycles. The molecule has 0 fully saturated rings. The van der Waals surface area contributed by atoms with Gasteiger partial charge in [0.2, 0.25) is 0 Å². The number of hydrogen-bond donors (Lipinski definition) is 0. The average molecular weight is 160 g/mol. The maximum atomic E-state index is 8.17. The number of nitrogens with zero attached hydrogens (tertiary/aromatic N) is 3. The van der Waals surface area contributed by atoms with Crippen LogP contribution in [0, 0.1) is 6.07 Å². The molecule has 1 radical (unpaired) electrons. The lowest BCUT2D eigenvalue weighted by molar-refractivity contribution is 0.731. The molecular formula is C9H10N3. The Morgan fingerprint density at radius 2 is 2.25 bits per heavy atom. The number of hydrogen-bond acceptors (Lipinski definition) is 1. The minimum absolute atomic E-state index is 0.0254. The molecule has 1 rings (SSSR count). The summed E-state index contributed by atoms with van der Waals surface area (Å²) in [6.07, 6.45) is 0.790. The normalized spacial score (nSPS) is 11.8. The maximum absolute atomic E-state index is 8.17. The van der Waals surface area contributed by atoms with E-state index in [1.54, 1.807) is 0 Å². The van der Waals surface area contributed by atoms with Crippen molar-refractivity contribution >= 4 is 0 Å². The quantitative estimate of drug-likeness (QED) is 0.371. The minimum atomic E-state index is 0.0254. The van der Waals surface area contributed by atoms with Gasteiger partial charge < -0.3 is 0 Å². The van der Waals surface area contributed by atoms with Gasteiger partial charge in [0, 0.05) is 11.0 Å². The van der Waals surface area contributed by atoms with Crippen LogP contribution in [0.15, 0.2) is 29.4 Å². The molecule has 0 aliphatic carbocycles. The second-order valence-corrected chi connectivity index (χ2v) is 2.67. The van der Waals surface area contributed by atoms with E-state index >= 15 is 0 Å². The van der Waals surface area contributed by atoms with Crippen molar-refractivity contribution in [1.82, 2.24) is 0 Å². The first kappa shape index (κ1) is 8.62. The van der Waals surface area contributed by atoms with Crippen molar-refractivity contribution in [2.45, 2.75) is 19.4 Å². The highest BCUT2D eigenvalue weighted by Crippen LogP contribution is 2.04. The molecule has 0 heterocycles. The highest BCUT2D eigenvalue weighted by atomic mass is 15.1. The molecule has 3 nitrogen and oxygen atoms in total. The second-order valence-electron chi connectivity index (χ2n) is 2.67. The van der Waals surface area contributed by atoms with Crippen LogP contribution in [-0.2, 0) is 6.42 Å². The molecular weight excluding hydrogens is 150 g/mol. The fraction of sp³-hybridized carbons (Fsp3) is 0.333. The smallest absolute Gasteiger partial charge is 0.0386 e. The zero-order valence-electron chi connectivity index (χ0n) is 6.94. The van der Waals surface area contributed by atoms with Gasteiger partial charge in [0.15, 0.2) is 0 Å². The van der Waals surface area contributed by atoms with Gasteiger partial charge in [-0.05, 0) is 23.6 Å². The standard InChI is InChI=1S/C9H10N3/c1-8(11-12-10)7-9-5-3-2-4-6-9/h3-6,8H,7H2,1H3/t8-/m1/s1. The van der Waals surface area contributed by atoms with Crippen molar-refractivity contribution in [3.05, 3.63) is 46.3 Å². The first-order chi connectivity index (χ1) is 5.83. The summed E-state index contributed by atoms with van der Waals surface area (Å²) < 4.78 is 0. The SMILES string of the molecule is C[C@H](Cc1cc[c]cc1)N=[N+]=[N-]. The van der Waals surface area contributed by atoms with Crippen LogP contribution in [0.4, 0.5) is 0 Å². The monoisotopic (exact) mass is 160 g/mol. The van der Waals surface area contributed by atoms with Crippen LogP contribution in [0.5, 0.6) is 0 Å². The molecule has 0 amide bonds. The molecule has 0 aromatic heterocycles. The number of rotatable bonds is 3. The minimum Gasteiger partial charge on any atom is -0.0906 e. The first-order valence-electron chi connectivity index (χ1n) is 3.82. The van der Waals surface area contributed by atoms with E-state index in [0.717, 1.165) is 6.42 Å². The molecule has 0 saturated heterocycles. The Morgan fingerprint density at radius 1 is 1.58 bits per heavy atom. The van der Waals surface area contributed by atoms with E-state index in [2.05, 4.69) is 16.1 Å². The Labute approximate surface area is 71.7 Å². The molecule has 0 spiro atoms. The Bertz CT molecular complexity index is 275. The van der Waals surface area contributed by atoms with Gasteiger partial charge in [-0.25, -0.2) is 0 Å². The van der Waals surface area contributed by atoms with Gasteiger partial charge in [-0.2, -0.15) is 0 Å². The molecule has 3 heteroatoms. The summed E-state index contributed by atoms with van der Waals surface area (Å²) in [7, 11) is 0. The molecule has 61 valence electrons. The summed E-state index contributed by atoms with van der Waals surface area (Å²) >= 11 is 0. The predicted molar refractivity (Wildman–Crippen MR) is 47.6 cm³/mol. The molecule has 0 N–H and O–H groups in total. The van der Waals surface area contributed by atoms with E-state index in [9.17, 15) is 0 Å². The van der Waals surface area contributed by atoms with E-state index in [4.69, 9.17) is 5.53 Å². The van der Waals surface area contributed by atoms with Gasteiger partial charge in [-0.1, -0.05) is 36.3 Å². The Hall–Kier alpha value is -1.47. The van der Waals surface area contributed by atoms with E-state index in [-0.39, 0.29) is 6.04 Å². The third kappa shape index (κ3) is 2.64. The summed E-state index contributed by atoms with van der Waals surface area (Å²) in [5.41, 5.74) is 9.34. The molecule has 12 heavy (non-hydrogen) atoms. The van der Waals surface area contributed by atoms with Gasteiger partial charge in [0.25, 0.3) is 0 Å². The molecule has 0 unspecified atom stereocenters. The van der Waals surface area contributed by atoms with Crippen molar-refractivity contribution in [1.29, 1.82) is 0 Å². The third-order valence-corrected chi connectivity index (χ3v) is 1.57. The highest BCUT2D eigenvalue weighted by molar-refractivity contribution is 5.14. The summed E-state index contributed by atoms with van der Waals surface area (Å²) in [5.74, 6) is 0. The van der Waals surface area contributed by atoms with Crippen LogP contribution in [0.3, 0.4) is 0 Å². The lowest BCUT2D eigenvalue weighted by atomic mass is 10.1. The van der Waals surface area contributed by atoms with Gasteiger partial charge in [0.05, 0.1) is 0 Å². The summed E-state index contributed by atoms with van der Waals surface area (Å²) in [5, 5.41) is 3.59. The van der Waals surface area contributed by atoms with E-state index < -0.39 is 0 Å². The van der Waals surface area contributed by atoms with E-state index in [0.29, 0.717) is 0 Å². The third-order valence-electron chi connectivity index (χ3n) is 1.57. The zero-order valence-corrected chi connectivity index (χ0v) is 6.94. The largest absolute Gasteiger partial charge is 0.0906 e. The van der Waals surface area contributed by atoms with Crippen molar-refractivity contribution in [2.24, 2.45) is 5.11 Å². The van der Waals surface area contributed by atoms with Crippen molar-refractivity contribution < 1.29 is 0 Å². The van der Waals surface area contributed by atoms with Crippen LogP contribution in [0.1, 0.15) is 12.5 Å². The lowest BCUT2D eigenvalue weighted by Crippen LogP contribution is -2.00. The van der Waals surface area contributed by atoms with E-state index in [1.807, 2.05) is 31.2 Å². The Kier molecular flexibility index (Phi) is 3.17. The fourth-order valence-corrected chi connectivity index (χ4v) is 1.03. The number of azide groups is 1. The van der Waals surface area contributed by atoms with Crippen molar-refractivity contribution in [3.63, 3.8) is 0 Å². The van der Waals surface area contributed by atoms with Crippen molar-refractivity contribution in [2.75, 3.05) is 0 Å². The molecule has 1 aromatic carbocycles. The van der Waals surface area contributed by atoms with Gasteiger partial charge in [0.1, 0.15) is 0 Å². The lowest BCUT2D eigenvalue weighted by Gasteiger charge is -2.02. The molecule has 1 atom stereocenters. The maximum Gasteiger partial charge on any atom is 0.0386 e. The first-order valence-corrected chi connectivity index (χ1v) is 3.82. The zero-order chi connectivity index (χ0) is 8.81. The van der Waals surface area contributed by atoms with Crippen LogP contribution >= 0.6 is 0 Å². The predicted octanol–water partition coefficient (Wildman–Crippen LogP) is 2.73. The van der Waals surface area contributed by atoms with Crippen LogP contribution < -0.4 is 0 Å².